The van der Waals surface area contributed by atoms with Crippen LogP contribution in [0.1, 0.15) is 49.4 Å². The van der Waals surface area contributed by atoms with Crippen LogP contribution in [0.5, 0.6) is 5.88 Å². The highest BCUT2D eigenvalue weighted by atomic mass is 16.5. The zero-order valence-electron chi connectivity index (χ0n) is 21.8. The average Bonchev–Trinajstić information content (AvgIpc) is 2.90. The lowest BCUT2D eigenvalue weighted by molar-refractivity contribution is 0.0985. The van der Waals surface area contributed by atoms with Gasteiger partial charge in [0.15, 0.2) is 0 Å². The van der Waals surface area contributed by atoms with Crippen molar-refractivity contribution in [1.82, 2.24) is 20.2 Å². The van der Waals surface area contributed by atoms with Crippen molar-refractivity contribution < 1.29 is 14.3 Å². The molecule has 1 saturated heterocycles. The Kier molecular flexibility index (Phi) is 7.64. The highest BCUT2D eigenvalue weighted by molar-refractivity contribution is 6.04. The Labute approximate surface area is 216 Å². The molecule has 192 valence electrons. The normalized spacial score (nSPS) is 15.7. The topological polar surface area (TPSA) is 126 Å². The number of hydrogen-bond donors (Lipinski definition) is 1. The first-order chi connectivity index (χ1) is 17.7. The van der Waals surface area contributed by atoms with Crippen LogP contribution in [0.2, 0.25) is 0 Å². The maximum absolute atomic E-state index is 13.0. The monoisotopic (exact) mass is 501 g/mol. The third-order valence-electron chi connectivity index (χ3n) is 6.26. The van der Waals surface area contributed by atoms with Crippen molar-refractivity contribution in [2.75, 3.05) is 36.6 Å². The van der Waals surface area contributed by atoms with E-state index in [1.165, 1.54) is 6.20 Å². The van der Waals surface area contributed by atoms with Crippen LogP contribution < -0.4 is 15.0 Å². The average molecular weight is 502 g/mol. The fourth-order valence-electron chi connectivity index (χ4n) is 4.07. The molecule has 0 saturated carbocycles. The van der Waals surface area contributed by atoms with Crippen molar-refractivity contribution in [3.05, 3.63) is 53.6 Å². The molecule has 4 rings (SSSR count). The molecule has 1 unspecified atom stereocenters. The maximum Gasteiger partial charge on any atom is 0.257 e. The van der Waals surface area contributed by atoms with Gasteiger partial charge in [0.05, 0.1) is 54.6 Å². The number of hydrogen-bond acceptors (Lipinski definition) is 9. The fraction of sp³-hybridized carbons (Fsp3) is 0.407. The van der Waals surface area contributed by atoms with Crippen LogP contribution in [0.15, 0.2) is 36.7 Å². The molecule has 10 nitrogen and oxygen atoms in total. The minimum absolute atomic E-state index is 0.158. The predicted octanol–water partition coefficient (Wildman–Crippen LogP) is 3.92. The summed E-state index contributed by atoms with van der Waals surface area (Å²) in [7, 11) is 0. The van der Waals surface area contributed by atoms with Gasteiger partial charge in [-0.25, -0.2) is 0 Å². The molecule has 1 N–H and O–H groups in total. The molecule has 0 aromatic carbocycles. The highest BCUT2D eigenvalue weighted by Gasteiger charge is 2.25. The van der Waals surface area contributed by atoms with E-state index in [4.69, 9.17) is 9.47 Å². The van der Waals surface area contributed by atoms with Crippen LogP contribution in [-0.2, 0) is 10.2 Å². The third-order valence-corrected chi connectivity index (χ3v) is 6.26. The van der Waals surface area contributed by atoms with Gasteiger partial charge in [-0.2, -0.15) is 5.26 Å². The summed E-state index contributed by atoms with van der Waals surface area (Å²) in [5.41, 5.74) is 3.61. The summed E-state index contributed by atoms with van der Waals surface area (Å²) in [6, 6.07) is 9.40. The molecule has 37 heavy (non-hydrogen) atoms. The summed E-state index contributed by atoms with van der Waals surface area (Å²) >= 11 is 0. The minimum Gasteiger partial charge on any atom is -0.475 e. The Bertz CT molecular complexity index is 1340. The standard InChI is InChI=1S/C27H31N7O3/c1-6-37-26-23(34-9-10-36-15-17(34)2)13-22(32-33-26)21-12-20(14-30-18(21)3)31-25(35)19-7-8-29-24(11-19)27(4,5)16-28/h7-8,11-14,17H,6,9-10,15H2,1-5H3,(H,31,35). The Balaban J connectivity index is 1.64. The number of anilines is 2. The van der Waals surface area contributed by atoms with E-state index in [0.717, 1.165) is 23.5 Å². The van der Waals surface area contributed by atoms with Crippen molar-refractivity contribution in [2.24, 2.45) is 0 Å². The molecule has 0 radical (unpaired) electrons. The fourth-order valence-corrected chi connectivity index (χ4v) is 4.07. The number of nitriles is 1. The van der Waals surface area contributed by atoms with E-state index < -0.39 is 5.41 Å². The van der Waals surface area contributed by atoms with Gasteiger partial charge in [0.2, 0.25) is 0 Å². The molecule has 3 aromatic rings. The first-order valence-corrected chi connectivity index (χ1v) is 12.2. The molecule has 0 spiro atoms. The molecule has 10 heteroatoms. The highest BCUT2D eigenvalue weighted by Crippen LogP contribution is 2.33. The van der Waals surface area contributed by atoms with E-state index in [0.29, 0.717) is 48.3 Å². The second-order valence-corrected chi connectivity index (χ2v) is 9.45. The van der Waals surface area contributed by atoms with Crippen molar-refractivity contribution in [1.29, 1.82) is 5.26 Å². The third kappa shape index (κ3) is 5.67. The number of carbonyl (C=O) groups excluding carboxylic acids is 1. The Morgan fingerprint density at radius 2 is 2.11 bits per heavy atom. The molecular weight excluding hydrogens is 470 g/mol. The summed E-state index contributed by atoms with van der Waals surface area (Å²) in [5, 5.41) is 21.1. The van der Waals surface area contributed by atoms with Gasteiger partial charge in [-0.3, -0.25) is 14.8 Å². The van der Waals surface area contributed by atoms with Gasteiger partial charge in [0.1, 0.15) is 5.69 Å². The number of ether oxygens (including phenoxy) is 2. The molecule has 0 aliphatic carbocycles. The van der Waals surface area contributed by atoms with E-state index in [9.17, 15) is 10.1 Å². The number of amides is 1. The van der Waals surface area contributed by atoms with Crippen LogP contribution in [-0.4, -0.2) is 58.5 Å². The number of nitrogens with one attached hydrogen (secondary N) is 1. The van der Waals surface area contributed by atoms with Gasteiger partial charge in [-0.05, 0) is 58.9 Å². The summed E-state index contributed by atoms with van der Waals surface area (Å²) in [6.45, 7) is 11.9. The van der Waals surface area contributed by atoms with Gasteiger partial charge >= 0.3 is 0 Å². The quantitative estimate of drug-likeness (QED) is 0.512. The lowest BCUT2D eigenvalue weighted by Gasteiger charge is -2.35. The van der Waals surface area contributed by atoms with Crippen LogP contribution in [0.3, 0.4) is 0 Å². The van der Waals surface area contributed by atoms with Crippen molar-refractivity contribution >= 4 is 17.3 Å². The van der Waals surface area contributed by atoms with Crippen molar-refractivity contribution in [3.8, 4) is 23.2 Å². The van der Waals surface area contributed by atoms with E-state index in [1.807, 2.05) is 26.0 Å². The predicted molar refractivity (Wildman–Crippen MR) is 140 cm³/mol. The smallest absolute Gasteiger partial charge is 0.257 e. The Hall–Kier alpha value is -4.10. The number of aromatic nitrogens is 4. The molecule has 1 aliphatic rings. The minimum atomic E-state index is -0.809. The van der Waals surface area contributed by atoms with Gasteiger partial charge in [0.25, 0.3) is 11.8 Å². The molecule has 4 heterocycles. The second-order valence-electron chi connectivity index (χ2n) is 9.45. The number of carbonyl (C=O) groups is 1. The van der Waals surface area contributed by atoms with E-state index in [2.05, 4.69) is 43.4 Å². The number of pyridine rings is 2. The summed E-state index contributed by atoms with van der Waals surface area (Å²) in [5.74, 6) is 0.151. The molecule has 1 fully saturated rings. The van der Waals surface area contributed by atoms with Crippen molar-refractivity contribution in [3.63, 3.8) is 0 Å². The molecule has 1 aliphatic heterocycles. The lowest BCUT2D eigenvalue weighted by atomic mass is 9.90. The van der Waals surface area contributed by atoms with E-state index in [1.54, 1.807) is 32.2 Å². The zero-order chi connectivity index (χ0) is 26.6. The molecular formula is C27H31N7O3. The molecule has 0 bridgehead atoms. The zero-order valence-corrected chi connectivity index (χ0v) is 21.8. The SMILES string of the molecule is CCOc1nnc(-c2cc(NC(=O)c3ccnc(C(C)(C)C#N)c3)cnc2C)cc1N1CCOCC1C. The largest absolute Gasteiger partial charge is 0.475 e. The molecule has 1 amide bonds. The molecule has 3 aromatic heterocycles. The van der Waals surface area contributed by atoms with Crippen LogP contribution in [0.25, 0.3) is 11.3 Å². The van der Waals surface area contributed by atoms with Crippen LogP contribution in [0, 0.1) is 18.3 Å². The number of rotatable bonds is 7. The second kappa shape index (κ2) is 10.9. The van der Waals surface area contributed by atoms with Gasteiger partial charge in [-0.15, -0.1) is 10.2 Å². The number of aryl methyl sites for hydroxylation is 1. The first-order valence-electron chi connectivity index (χ1n) is 12.2. The number of morpholine rings is 1. The Morgan fingerprint density at radius 3 is 2.84 bits per heavy atom. The summed E-state index contributed by atoms with van der Waals surface area (Å²) in [4.78, 5) is 24.0. The summed E-state index contributed by atoms with van der Waals surface area (Å²) in [6.07, 6.45) is 3.14. The van der Waals surface area contributed by atoms with E-state index in [-0.39, 0.29) is 11.9 Å². The molecule has 1 atom stereocenters. The van der Waals surface area contributed by atoms with Gasteiger partial charge in [0, 0.05) is 35.6 Å². The lowest BCUT2D eigenvalue weighted by Crippen LogP contribution is -2.44. The maximum atomic E-state index is 13.0. The first kappa shape index (κ1) is 26.0. The van der Waals surface area contributed by atoms with Gasteiger partial charge < -0.3 is 19.7 Å². The van der Waals surface area contributed by atoms with Crippen molar-refractivity contribution in [2.45, 2.75) is 46.1 Å². The van der Waals surface area contributed by atoms with E-state index >= 15 is 0 Å². The van der Waals surface area contributed by atoms with Crippen LogP contribution >= 0.6 is 0 Å². The van der Waals surface area contributed by atoms with Crippen LogP contribution in [0.4, 0.5) is 11.4 Å². The number of nitrogens with zero attached hydrogens (tertiary/aromatic N) is 6. The van der Waals surface area contributed by atoms with Gasteiger partial charge in [-0.1, -0.05) is 0 Å². The summed E-state index contributed by atoms with van der Waals surface area (Å²) < 4.78 is 11.4. The Morgan fingerprint density at radius 1 is 1.30 bits per heavy atom.